The Morgan fingerprint density at radius 2 is 2.40 bits per heavy atom. The van der Waals surface area contributed by atoms with Gasteiger partial charge in [0.05, 0.1) is 19.8 Å². The van der Waals surface area contributed by atoms with Gasteiger partial charge in [-0.1, -0.05) is 0 Å². The number of hydrogen-bond donors (Lipinski definition) is 1. The topological polar surface area (TPSA) is 56.8 Å². The van der Waals surface area contributed by atoms with E-state index >= 15 is 0 Å². The van der Waals surface area contributed by atoms with E-state index in [0.717, 1.165) is 19.6 Å². The molecule has 5 nitrogen and oxygen atoms in total. The number of hydrogen-bond acceptors (Lipinski definition) is 5. The van der Waals surface area contributed by atoms with Crippen LogP contribution in [0.1, 0.15) is 12.8 Å². The van der Waals surface area contributed by atoms with Crippen LogP contribution in [0.3, 0.4) is 0 Å². The first-order valence-corrected chi connectivity index (χ1v) is 5.28. The molecule has 1 N–H and O–H groups in total. The van der Waals surface area contributed by atoms with Crippen molar-refractivity contribution in [2.75, 3.05) is 40.1 Å². The van der Waals surface area contributed by atoms with Crippen molar-refractivity contribution in [1.82, 2.24) is 5.32 Å². The molecule has 1 rings (SSSR count). The second-order valence-electron chi connectivity index (χ2n) is 3.48. The fraction of sp³-hybridized carbons (Fsp3) is 0.900. The minimum absolute atomic E-state index is 0.167. The largest absolute Gasteiger partial charge is 0.463 e. The lowest BCUT2D eigenvalue weighted by Crippen LogP contribution is -2.41. The van der Waals surface area contributed by atoms with Crippen molar-refractivity contribution >= 4 is 5.97 Å². The lowest BCUT2D eigenvalue weighted by Gasteiger charge is -2.23. The summed E-state index contributed by atoms with van der Waals surface area (Å²) in [5.41, 5.74) is 0. The van der Waals surface area contributed by atoms with E-state index in [1.54, 1.807) is 7.11 Å². The first kappa shape index (κ1) is 12.4. The second-order valence-corrected chi connectivity index (χ2v) is 3.48. The quantitative estimate of drug-likeness (QED) is 0.499. The van der Waals surface area contributed by atoms with Crippen LogP contribution in [-0.2, 0) is 19.0 Å². The second kappa shape index (κ2) is 7.62. The average molecular weight is 217 g/mol. The highest BCUT2D eigenvalue weighted by molar-refractivity contribution is 5.69. The van der Waals surface area contributed by atoms with Crippen molar-refractivity contribution in [3.8, 4) is 0 Å². The van der Waals surface area contributed by atoms with Crippen LogP contribution in [0, 0.1) is 0 Å². The molecule has 0 amide bonds. The third kappa shape index (κ3) is 5.71. The van der Waals surface area contributed by atoms with Crippen LogP contribution in [0.4, 0.5) is 0 Å². The Labute approximate surface area is 90.1 Å². The predicted molar refractivity (Wildman–Crippen MR) is 54.7 cm³/mol. The summed E-state index contributed by atoms with van der Waals surface area (Å²) in [6.07, 6.45) is 1.20. The van der Waals surface area contributed by atoms with Gasteiger partial charge in [0, 0.05) is 26.1 Å². The molecular weight excluding hydrogens is 198 g/mol. The van der Waals surface area contributed by atoms with Gasteiger partial charge >= 0.3 is 5.97 Å². The van der Waals surface area contributed by atoms with E-state index in [1.807, 2.05) is 0 Å². The van der Waals surface area contributed by atoms with E-state index < -0.39 is 0 Å². The van der Waals surface area contributed by atoms with Gasteiger partial charge in [-0.2, -0.15) is 0 Å². The lowest BCUT2D eigenvalue weighted by molar-refractivity contribution is -0.145. The first-order chi connectivity index (χ1) is 7.33. The number of carbonyl (C=O) groups is 1. The number of carbonyl (C=O) groups excluding carboxylic acids is 1. The van der Waals surface area contributed by atoms with Gasteiger partial charge in [0.25, 0.3) is 0 Å². The monoisotopic (exact) mass is 217 g/mol. The molecule has 1 aliphatic rings. The minimum Gasteiger partial charge on any atom is -0.463 e. The number of rotatable bonds is 6. The minimum atomic E-state index is -0.167. The molecule has 0 radical (unpaired) electrons. The van der Waals surface area contributed by atoms with Crippen molar-refractivity contribution in [3.63, 3.8) is 0 Å². The number of esters is 1. The Morgan fingerprint density at radius 3 is 3.07 bits per heavy atom. The number of morpholine rings is 1. The van der Waals surface area contributed by atoms with Gasteiger partial charge in [0.1, 0.15) is 6.61 Å². The smallest absolute Gasteiger partial charge is 0.305 e. The molecule has 1 fully saturated rings. The van der Waals surface area contributed by atoms with Gasteiger partial charge in [0.15, 0.2) is 0 Å². The molecule has 0 spiro atoms. The van der Waals surface area contributed by atoms with Crippen molar-refractivity contribution in [2.24, 2.45) is 0 Å². The maximum absolute atomic E-state index is 11.2. The van der Waals surface area contributed by atoms with E-state index in [0.29, 0.717) is 26.2 Å². The Bertz CT molecular complexity index is 180. The van der Waals surface area contributed by atoms with Crippen LogP contribution in [-0.4, -0.2) is 52.1 Å². The molecule has 0 aromatic carbocycles. The summed E-state index contributed by atoms with van der Waals surface area (Å²) >= 11 is 0. The van der Waals surface area contributed by atoms with Crippen LogP contribution < -0.4 is 5.32 Å². The van der Waals surface area contributed by atoms with E-state index in [4.69, 9.17) is 14.2 Å². The van der Waals surface area contributed by atoms with Crippen molar-refractivity contribution in [3.05, 3.63) is 0 Å². The molecular formula is C10H19NO4. The maximum Gasteiger partial charge on any atom is 0.305 e. The van der Waals surface area contributed by atoms with Crippen molar-refractivity contribution in [2.45, 2.75) is 18.9 Å². The Kier molecular flexibility index (Phi) is 6.31. The van der Waals surface area contributed by atoms with E-state index in [-0.39, 0.29) is 12.0 Å². The summed E-state index contributed by atoms with van der Waals surface area (Å²) in [6, 6.07) is 0.286. The van der Waals surface area contributed by atoms with Crippen LogP contribution in [0.5, 0.6) is 0 Å². The SMILES string of the molecule is COCCOC(=O)CCC1COCCN1. The fourth-order valence-electron chi connectivity index (χ4n) is 1.41. The number of ether oxygens (including phenoxy) is 3. The summed E-state index contributed by atoms with van der Waals surface area (Å²) < 4.78 is 15.0. The van der Waals surface area contributed by atoms with Crippen LogP contribution in [0.2, 0.25) is 0 Å². The van der Waals surface area contributed by atoms with Gasteiger partial charge in [-0.15, -0.1) is 0 Å². The molecule has 1 atom stereocenters. The zero-order chi connectivity index (χ0) is 10.9. The van der Waals surface area contributed by atoms with E-state index in [9.17, 15) is 4.79 Å². The van der Waals surface area contributed by atoms with Gasteiger partial charge < -0.3 is 19.5 Å². The highest BCUT2D eigenvalue weighted by atomic mass is 16.6. The van der Waals surface area contributed by atoms with Gasteiger partial charge in [-0.25, -0.2) is 0 Å². The molecule has 5 heteroatoms. The van der Waals surface area contributed by atoms with Gasteiger partial charge in [-0.3, -0.25) is 4.79 Å². The van der Waals surface area contributed by atoms with E-state index in [2.05, 4.69) is 5.32 Å². The third-order valence-electron chi connectivity index (χ3n) is 2.25. The molecule has 0 aliphatic carbocycles. The lowest BCUT2D eigenvalue weighted by atomic mass is 10.1. The van der Waals surface area contributed by atoms with Gasteiger partial charge in [-0.05, 0) is 6.42 Å². The average Bonchev–Trinajstić information content (AvgIpc) is 2.28. The Balaban J connectivity index is 2.00. The summed E-state index contributed by atoms with van der Waals surface area (Å²) in [6.45, 7) is 3.10. The summed E-state index contributed by atoms with van der Waals surface area (Å²) in [4.78, 5) is 11.2. The fourth-order valence-corrected chi connectivity index (χ4v) is 1.41. The normalized spacial score (nSPS) is 21.3. The molecule has 0 aromatic heterocycles. The molecule has 88 valence electrons. The molecule has 0 saturated carbocycles. The molecule has 0 aromatic rings. The molecule has 1 saturated heterocycles. The van der Waals surface area contributed by atoms with Crippen molar-refractivity contribution in [1.29, 1.82) is 0 Å². The predicted octanol–water partition coefficient (Wildman–Crippen LogP) is -0.0554. The summed E-state index contributed by atoms with van der Waals surface area (Å²) in [7, 11) is 1.58. The van der Waals surface area contributed by atoms with Crippen molar-refractivity contribution < 1.29 is 19.0 Å². The number of nitrogens with one attached hydrogen (secondary N) is 1. The van der Waals surface area contributed by atoms with Crippen LogP contribution >= 0.6 is 0 Å². The van der Waals surface area contributed by atoms with Gasteiger partial charge in [0.2, 0.25) is 0 Å². The van der Waals surface area contributed by atoms with Crippen LogP contribution in [0.15, 0.2) is 0 Å². The highest BCUT2D eigenvalue weighted by Gasteiger charge is 2.14. The summed E-state index contributed by atoms with van der Waals surface area (Å²) in [5.74, 6) is -0.167. The van der Waals surface area contributed by atoms with Crippen LogP contribution in [0.25, 0.3) is 0 Å². The Hall–Kier alpha value is -0.650. The Morgan fingerprint density at radius 1 is 1.53 bits per heavy atom. The standard InChI is InChI=1S/C10H19NO4/c1-13-6-7-15-10(12)3-2-9-8-14-5-4-11-9/h9,11H,2-8H2,1H3. The highest BCUT2D eigenvalue weighted by Crippen LogP contribution is 2.02. The first-order valence-electron chi connectivity index (χ1n) is 5.28. The summed E-state index contributed by atoms with van der Waals surface area (Å²) in [5, 5.41) is 3.28. The molecule has 1 aliphatic heterocycles. The number of methoxy groups -OCH3 is 1. The molecule has 15 heavy (non-hydrogen) atoms. The molecule has 1 heterocycles. The maximum atomic E-state index is 11.2. The molecule has 0 bridgehead atoms. The molecule has 1 unspecified atom stereocenters. The van der Waals surface area contributed by atoms with E-state index in [1.165, 1.54) is 0 Å². The zero-order valence-electron chi connectivity index (χ0n) is 9.16. The third-order valence-corrected chi connectivity index (χ3v) is 2.25. The zero-order valence-corrected chi connectivity index (χ0v) is 9.16.